The van der Waals surface area contributed by atoms with Crippen molar-refractivity contribution in [2.75, 3.05) is 47.1 Å². The van der Waals surface area contributed by atoms with Crippen LogP contribution in [0.1, 0.15) is 18.4 Å². The van der Waals surface area contributed by atoms with Crippen LogP contribution in [0.5, 0.6) is 5.75 Å². The fourth-order valence-electron chi connectivity index (χ4n) is 2.98. The summed E-state index contributed by atoms with van der Waals surface area (Å²) in [6, 6.07) is 5.71. The maximum atomic E-state index is 9.29. The van der Waals surface area contributed by atoms with Crippen molar-refractivity contribution in [2.45, 2.75) is 19.3 Å². The average molecular weight is 370 g/mol. The molecule has 0 aromatic heterocycles. The third-order valence-electron chi connectivity index (χ3n) is 4.63. The number of hydrogen-bond acceptors (Lipinski definition) is 4. The van der Waals surface area contributed by atoms with E-state index in [0.717, 1.165) is 56.2 Å². The Balaban J connectivity index is 1.80. The summed E-state index contributed by atoms with van der Waals surface area (Å²) in [6.07, 6.45) is 2.48. The SMILES string of the molecule is CN=C(NCCc1ccc(OC)cc1Cl)NCC1(CCO)CCOC1. The first-order valence-corrected chi connectivity index (χ1v) is 8.96. The van der Waals surface area contributed by atoms with E-state index in [-0.39, 0.29) is 12.0 Å². The minimum absolute atomic E-state index is 0.00827. The molecule has 1 saturated heterocycles. The summed E-state index contributed by atoms with van der Waals surface area (Å²) >= 11 is 6.27. The van der Waals surface area contributed by atoms with Crippen molar-refractivity contribution in [2.24, 2.45) is 10.4 Å². The quantitative estimate of drug-likeness (QED) is 0.481. The number of benzene rings is 1. The molecule has 0 amide bonds. The van der Waals surface area contributed by atoms with E-state index in [4.69, 9.17) is 21.1 Å². The molecule has 0 spiro atoms. The molecule has 1 aliphatic rings. The second kappa shape index (κ2) is 9.85. The lowest BCUT2D eigenvalue weighted by molar-refractivity contribution is 0.127. The van der Waals surface area contributed by atoms with Gasteiger partial charge in [0.1, 0.15) is 5.75 Å². The smallest absolute Gasteiger partial charge is 0.191 e. The first-order chi connectivity index (χ1) is 12.1. The molecular formula is C18H28ClN3O3. The maximum absolute atomic E-state index is 9.29. The maximum Gasteiger partial charge on any atom is 0.191 e. The topological polar surface area (TPSA) is 75.1 Å². The molecule has 1 unspecified atom stereocenters. The van der Waals surface area contributed by atoms with E-state index in [1.165, 1.54) is 0 Å². The first-order valence-electron chi connectivity index (χ1n) is 8.58. The van der Waals surface area contributed by atoms with E-state index >= 15 is 0 Å². The van der Waals surface area contributed by atoms with Crippen LogP contribution in [-0.2, 0) is 11.2 Å². The number of aliphatic imine (C=N–C) groups is 1. The van der Waals surface area contributed by atoms with Crippen LogP contribution < -0.4 is 15.4 Å². The van der Waals surface area contributed by atoms with Gasteiger partial charge in [-0.05, 0) is 37.0 Å². The highest BCUT2D eigenvalue weighted by molar-refractivity contribution is 6.31. The number of aliphatic hydroxyl groups is 1. The predicted octanol–water partition coefficient (Wildman–Crippen LogP) is 1.85. The molecule has 1 aromatic carbocycles. The van der Waals surface area contributed by atoms with Gasteiger partial charge in [0.25, 0.3) is 0 Å². The molecule has 7 heteroatoms. The zero-order valence-corrected chi connectivity index (χ0v) is 15.7. The molecule has 1 atom stereocenters. The number of rotatable bonds is 8. The first kappa shape index (κ1) is 19.8. The molecule has 0 saturated carbocycles. The van der Waals surface area contributed by atoms with Gasteiger partial charge in [0.15, 0.2) is 5.96 Å². The largest absolute Gasteiger partial charge is 0.497 e. The summed E-state index contributed by atoms with van der Waals surface area (Å²) in [7, 11) is 3.38. The molecule has 2 rings (SSSR count). The monoisotopic (exact) mass is 369 g/mol. The van der Waals surface area contributed by atoms with Crippen LogP contribution >= 0.6 is 11.6 Å². The molecule has 140 valence electrons. The van der Waals surface area contributed by atoms with Crippen LogP contribution in [0.3, 0.4) is 0 Å². The fraction of sp³-hybridized carbons (Fsp3) is 0.611. The van der Waals surface area contributed by atoms with Gasteiger partial charge in [-0.3, -0.25) is 4.99 Å². The highest BCUT2D eigenvalue weighted by Gasteiger charge is 2.34. The number of halogens is 1. The summed E-state index contributed by atoms with van der Waals surface area (Å²) in [5, 5.41) is 16.7. The molecule has 1 aromatic rings. The Morgan fingerprint density at radius 2 is 2.28 bits per heavy atom. The molecule has 6 nitrogen and oxygen atoms in total. The van der Waals surface area contributed by atoms with Gasteiger partial charge >= 0.3 is 0 Å². The highest BCUT2D eigenvalue weighted by Crippen LogP contribution is 2.31. The summed E-state index contributed by atoms with van der Waals surface area (Å²) < 4.78 is 10.7. The minimum Gasteiger partial charge on any atom is -0.497 e. The Labute approximate surface area is 154 Å². The summed E-state index contributed by atoms with van der Waals surface area (Å²) in [6.45, 7) is 3.06. The Morgan fingerprint density at radius 1 is 1.44 bits per heavy atom. The van der Waals surface area contributed by atoms with Crippen molar-refractivity contribution in [3.8, 4) is 5.75 Å². The van der Waals surface area contributed by atoms with E-state index in [1.807, 2.05) is 18.2 Å². The Kier molecular flexibility index (Phi) is 7.81. The lowest BCUT2D eigenvalue weighted by atomic mass is 9.84. The normalized spacial score (nSPS) is 20.6. The van der Waals surface area contributed by atoms with Crippen LogP contribution in [0.2, 0.25) is 5.02 Å². The van der Waals surface area contributed by atoms with E-state index in [0.29, 0.717) is 11.6 Å². The molecule has 1 heterocycles. The van der Waals surface area contributed by atoms with E-state index < -0.39 is 0 Å². The zero-order valence-electron chi connectivity index (χ0n) is 15.0. The van der Waals surface area contributed by atoms with Crippen molar-refractivity contribution in [1.29, 1.82) is 0 Å². The van der Waals surface area contributed by atoms with Crippen molar-refractivity contribution in [1.82, 2.24) is 10.6 Å². The lowest BCUT2D eigenvalue weighted by Crippen LogP contribution is -2.45. The number of nitrogens with zero attached hydrogens (tertiary/aromatic N) is 1. The van der Waals surface area contributed by atoms with Crippen LogP contribution in [0.15, 0.2) is 23.2 Å². The van der Waals surface area contributed by atoms with Gasteiger partial charge in [-0.15, -0.1) is 0 Å². The Morgan fingerprint density at radius 3 is 2.88 bits per heavy atom. The van der Waals surface area contributed by atoms with Gasteiger partial charge in [0, 0.05) is 43.8 Å². The van der Waals surface area contributed by atoms with Crippen LogP contribution in [-0.4, -0.2) is 58.1 Å². The molecular weight excluding hydrogens is 342 g/mol. The van der Waals surface area contributed by atoms with Crippen molar-refractivity contribution in [3.05, 3.63) is 28.8 Å². The molecule has 0 aliphatic carbocycles. The van der Waals surface area contributed by atoms with Gasteiger partial charge in [-0.2, -0.15) is 0 Å². The summed E-state index contributed by atoms with van der Waals surface area (Å²) in [4.78, 5) is 4.26. The molecule has 0 bridgehead atoms. The van der Waals surface area contributed by atoms with Gasteiger partial charge in [-0.25, -0.2) is 0 Å². The third-order valence-corrected chi connectivity index (χ3v) is 4.98. The van der Waals surface area contributed by atoms with Crippen LogP contribution in [0.4, 0.5) is 0 Å². The Bertz CT molecular complexity index is 575. The summed E-state index contributed by atoms with van der Waals surface area (Å²) in [5.41, 5.74) is 1.05. The molecule has 1 fully saturated rings. The number of methoxy groups -OCH3 is 1. The molecule has 25 heavy (non-hydrogen) atoms. The van der Waals surface area contributed by atoms with Crippen LogP contribution in [0.25, 0.3) is 0 Å². The number of guanidine groups is 1. The average Bonchev–Trinajstić information content (AvgIpc) is 3.08. The van der Waals surface area contributed by atoms with Crippen LogP contribution in [0, 0.1) is 5.41 Å². The van der Waals surface area contributed by atoms with Gasteiger partial charge in [0.2, 0.25) is 0 Å². The fourth-order valence-corrected chi connectivity index (χ4v) is 3.24. The lowest BCUT2D eigenvalue weighted by Gasteiger charge is -2.27. The van der Waals surface area contributed by atoms with Gasteiger partial charge < -0.3 is 25.2 Å². The molecule has 0 radical (unpaired) electrons. The van der Waals surface area contributed by atoms with E-state index in [1.54, 1.807) is 14.2 Å². The van der Waals surface area contributed by atoms with E-state index in [9.17, 15) is 5.11 Å². The standard InChI is InChI=1S/C18H28ClN3O3/c1-20-17(22-12-18(6-9-23)7-10-25-13-18)21-8-5-14-3-4-15(24-2)11-16(14)19/h3-4,11,23H,5-10,12-13H2,1-2H3,(H2,20,21,22). The van der Waals surface area contributed by atoms with Crippen molar-refractivity contribution >= 4 is 17.6 Å². The predicted molar refractivity (Wildman–Crippen MR) is 101 cm³/mol. The third kappa shape index (κ3) is 5.76. The van der Waals surface area contributed by atoms with E-state index in [2.05, 4.69) is 15.6 Å². The minimum atomic E-state index is -0.00827. The summed E-state index contributed by atoms with van der Waals surface area (Å²) in [5.74, 6) is 1.50. The molecule has 3 N–H and O–H groups in total. The highest BCUT2D eigenvalue weighted by atomic mass is 35.5. The number of ether oxygens (including phenoxy) is 2. The van der Waals surface area contributed by atoms with Crippen molar-refractivity contribution in [3.63, 3.8) is 0 Å². The van der Waals surface area contributed by atoms with Gasteiger partial charge in [-0.1, -0.05) is 17.7 Å². The second-order valence-corrected chi connectivity index (χ2v) is 6.74. The Hall–Kier alpha value is -1.50. The van der Waals surface area contributed by atoms with Crippen molar-refractivity contribution < 1.29 is 14.6 Å². The number of hydrogen-bond donors (Lipinski definition) is 3. The number of nitrogens with one attached hydrogen (secondary N) is 2. The number of aliphatic hydroxyl groups excluding tert-OH is 1. The van der Waals surface area contributed by atoms with Gasteiger partial charge in [0.05, 0.1) is 13.7 Å². The molecule has 1 aliphatic heterocycles. The zero-order chi connectivity index (χ0) is 18.1. The second-order valence-electron chi connectivity index (χ2n) is 6.34.